The Balaban J connectivity index is 2.16. The molecule has 2 aromatic rings. The Kier molecular flexibility index (Phi) is 4.06. The first kappa shape index (κ1) is 13.7. The van der Waals surface area contributed by atoms with Gasteiger partial charge in [0.2, 0.25) is 0 Å². The molecule has 8 heteroatoms. The van der Waals surface area contributed by atoms with Gasteiger partial charge in [-0.2, -0.15) is 0 Å². The van der Waals surface area contributed by atoms with Crippen molar-refractivity contribution in [3.8, 4) is 0 Å². The van der Waals surface area contributed by atoms with Crippen molar-refractivity contribution in [3.63, 3.8) is 0 Å². The van der Waals surface area contributed by atoms with E-state index in [0.717, 1.165) is 5.69 Å². The fraction of sp³-hybridized carbons (Fsp3) is 0.167. The number of hydrogen-bond acceptors (Lipinski definition) is 7. The summed E-state index contributed by atoms with van der Waals surface area (Å²) in [5.41, 5.74) is 4.20. The van der Waals surface area contributed by atoms with Crippen LogP contribution in [0.3, 0.4) is 0 Å². The molecule has 0 amide bonds. The van der Waals surface area contributed by atoms with Crippen molar-refractivity contribution < 1.29 is 4.92 Å². The molecule has 4 N–H and O–H groups in total. The quantitative estimate of drug-likeness (QED) is 0.430. The van der Waals surface area contributed by atoms with Crippen LogP contribution in [0.1, 0.15) is 11.5 Å². The van der Waals surface area contributed by atoms with Gasteiger partial charge >= 0.3 is 0 Å². The Bertz CT molecular complexity index is 631. The number of anilines is 2. The predicted octanol–water partition coefficient (Wildman–Crippen LogP) is 1.59. The van der Waals surface area contributed by atoms with Crippen LogP contribution in [-0.2, 0) is 6.54 Å². The molecule has 0 aliphatic carbocycles. The van der Waals surface area contributed by atoms with E-state index in [2.05, 4.69) is 20.7 Å². The van der Waals surface area contributed by atoms with Gasteiger partial charge in [0.25, 0.3) is 5.69 Å². The third-order valence-corrected chi connectivity index (χ3v) is 2.60. The zero-order valence-corrected chi connectivity index (χ0v) is 10.8. The van der Waals surface area contributed by atoms with Crippen molar-refractivity contribution in [3.05, 3.63) is 52.1 Å². The molecule has 2 rings (SSSR count). The molecule has 0 unspecified atom stereocenters. The van der Waals surface area contributed by atoms with Gasteiger partial charge in [-0.1, -0.05) is 0 Å². The molecule has 0 bridgehead atoms. The van der Waals surface area contributed by atoms with Gasteiger partial charge in [-0.25, -0.2) is 9.97 Å². The highest BCUT2D eigenvalue weighted by molar-refractivity contribution is 5.63. The van der Waals surface area contributed by atoms with Gasteiger partial charge < -0.3 is 10.7 Å². The minimum Gasteiger partial charge on any atom is -0.379 e. The molecule has 0 saturated heterocycles. The molecule has 0 radical (unpaired) electrons. The minimum absolute atomic E-state index is 0.0400. The second-order valence-electron chi connectivity index (χ2n) is 4.12. The number of aryl methyl sites for hydroxylation is 1. The smallest absolute Gasteiger partial charge is 0.273 e. The third-order valence-electron chi connectivity index (χ3n) is 2.60. The van der Waals surface area contributed by atoms with Crippen molar-refractivity contribution in [2.24, 2.45) is 5.84 Å². The predicted molar refractivity (Wildman–Crippen MR) is 75.0 cm³/mol. The molecule has 0 aliphatic rings. The van der Waals surface area contributed by atoms with E-state index < -0.39 is 4.92 Å². The number of non-ortho nitro benzene ring substituents is 1. The zero-order valence-electron chi connectivity index (χ0n) is 10.8. The number of hydrogen-bond donors (Lipinski definition) is 3. The second-order valence-corrected chi connectivity index (χ2v) is 4.12. The van der Waals surface area contributed by atoms with Crippen LogP contribution >= 0.6 is 0 Å². The van der Waals surface area contributed by atoms with E-state index in [1.54, 1.807) is 25.3 Å². The van der Waals surface area contributed by atoms with Crippen molar-refractivity contribution in [2.45, 2.75) is 13.5 Å². The van der Waals surface area contributed by atoms with Gasteiger partial charge in [0.15, 0.2) is 0 Å². The molecule has 1 heterocycles. The Morgan fingerprint density at radius 1 is 1.35 bits per heavy atom. The topological polar surface area (TPSA) is 119 Å². The summed E-state index contributed by atoms with van der Waals surface area (Å²) in [5, 5.41) is 13.9. The Morgan fingerprint density at radius 3 is 2.75 bits per heavy atom. The molecule has 0 fully saturated rings. The van der Waals surface area contributed by atoms with E-state index in [1.807, 2.05) is 0 Å². The maximum atomic E-state index is 10.8. The van der Waals surface area contributed by atoms with E-state index in [1.165, 1.54) is 12.1 Å². The summed E-state index contributed by atoms with van der Waals surface area (Å²) in [6, 6.07) is 6.26. The van der Waals surface area contributed by atoms with Crippen molar-refractivity contribution in [2.75, 3.05) is 10.7 Å². The fourth-order valence-electron chi connectivity index (χ4n) is 1.70. The first-order chi connectivity index (χ1) is 9.58. The number of benzene rings is 1. The van der Waals surface area contributed by atoms with E-state index in [-0.39, 0.29) is 5.69 Å². The van der Waals surface area contributed by atoms with Gasteiger partial charge in [-0.15, -0.1) is 0 Å². The van der Waals surface area contributed by atoms with Crippen LogP contribution < -0.4 is 16.6 Å². The molecule has 104 valence electrons. The Labute approximate surface area is 115 Å². The highest BCUT2D eigenvalue weighted by atomic mass is 16.6. The monoisotopic (exact) mass is 274 g/mol. The molecule has 1 aromatic heterocycles. The lowest BCUT2D eigenvalue weighted by atomic mass is 10.2. The number of nitrogen functional groups attached to an aromatic ring is 1. The van der Waals surface area contributed by atoms with Gasteiger partial charge in [0.1, 0.15) is 5.82 Å². The van der Waals surface area contributed by atoms with E-state index >= 15 is 0 Å². The molecular weight excluding hydrogens is 260 g/mol. The normalized spacial score (nSPS) is 10.1. The largest absolute Gasteiger partial charge is 0.379 e. The first-order valence-corrected chi connectivity index (χ1v) is 5.87. The summed E-state index contributed by atoms with van der Waals surface area (Å²) in [5.74, 6) is 5.97. The van der Waals surface area contributed by atoms with Gasteiger partial charge in [0, 0.05) is 24.0 Å². The number of nitrogens with zero attached hydrogens (tertiary/aromatic N) is 3. The Hall–Kier alpha value is -2.74. The van der Waals surface area contributed by atoms with Crippen LogP contribution in [0.5, 0.6) is 0 Å². The SMILES string of the molecule is Cc1nccc(CNc2cc(NN)cc([N+](=O)[O-])c2)n1. The number of nitrogens with two attached hydrogens (primary N) is 1. The lowest BCUT2D eigenvalue weighted by Gasteiger charge is -2.08. The number of nitro groups is 1. The van der Waals surface area contributed by atoms with Crippen molar-refractivity contribution >= 4 is 17.1 Å². The van der Waals surface area contributed by atoms with Crippen LogP contribution in [-0.4, -0.2) is 14.9 Å². The van der Waals surface area contributed by atoms with Gasteiger partial charge in [0.05, 0.1) is 22.8 Å². The summed E-state index contributed by atoms with van der Waals surface area (Å²) in [7, 11) is 0. The fourth-order valence-corrected chi connectivity index (χ4v) is 1.70. The van der Waals surface area contributed by atoms with Gasteiger partial charge in [-0.3, -0.25) is 16.0 Å². The zero-order chi connectivity index (χ0) is 14.5. The lowest BCUT2D eigenvalue weighted by Crippen LogP contribution is -2.08. The summed E-state index contributed by atoms with van der Waals surface area (Å²) in [6.07, 6.45) is 1.67. The third kappa shape index (κ3) is 3.39. The first-order valence-electron chi connectivity index (χ1n) is 5.87. The lowest BCUT2D eigenvalue weighted by molar-refractivity contribution is -0.384. The molecule has 0 spiro atoms. The van der Waals surface area contributed by atoms with E-state index in [4.69, 9.17) is 5.84 Å². The molecule has 8 nitrogen and oxygen atoms in total. The number of rotatable bonds is 5. The second kappa shape index (κ2) is 5.93. The maximum Gasteiger partial charge on any atom is 0.273 e. The molecule has 0 saturated carbocycles. The van der Waals surface area contributed by atoms with Crippen LogP contribution in [0.2, 0.25) is 0 Å². The van der Waals surface area contributed by atoms with Gasteiger partial charge in [-0.05, 0) is 19.1 Å². The van der Waals surface area contributed by atoms with Crippen LogP contribution in [0.25, 0.3) is 0 Å². The van der Waals surface area contributed by atoms with Crippen LogP contribution in [0.15, 0.2) is 30.5 Å². The average molecular weight is 274 g/mol. The average Bonchev–Trinajstić information content (AvgIpc) is 2.45. The van der Waals surface area contributed by atoms with Crippen molar-refractivity contribution in [1.82, 2.24) is 9.97 Å². The number of aromatic nitrogens is 2. The minimum atomic E-state index is -0.471. The Morgan fingerprint density at radius 2 is 2.10 bits per heavy atom. The van der Waals surface area contributed by atoms with Crippen molar-refractivity contribution in [1.29, 1.82) is 0 Å². The highest BCUT2D eigenvalue weighted by Crippen LogP contribution is 2.24. The molecule has 20 heavy (non-hydrogen) atoms. The standard InChI is InChI=1S/C12H14N6O2/c1-8-14-3-2-9(16-8)7-15-10-4-11(17-13)6-12(5-10)18(19)20/h2-6,15,17H,7,13H2,1H3. The summed E-state index contributed by atoms with van der Waals surface area (Å²) in [4.78, 5) is 18.6. The molecule has 0 atom stereocenters. The summed E-state index contributed by atoms with van der Waals surface area (Å²) < 4.78 is 0. The van der Waals surface area contributed by atoms with Crippen LogP contribution in [0.4, 0.5) is 17.1 Å². The van der Waals surface area contributed by atoms with Crippen LogP contribution in [0, 0.1) is 17.0 Å². The molecule has 0 aliphatic heterocycles. The van der Waals surface area contributed by atoms with E-state index in [0.29, 0.717) is 23.7 Å². The summed E-state index contributed by atoms with van der Waals surface area (Å²) >= 11 is 0. The number of nitrogens with one attached hydrogen (secondary N) is 2. The number of nitro benzene ring substituents is 1. The molecule has 1 aromatic carbocycles. The van der Waals surface area contributed by atoms with E-state index in [9.17, 15) is 10.1 Å². The number of hydrazine groups is 1. The maximum absolute atomic E-state index is 10.8. The summed E-state index contributed by atoms with van der Waals surface area (Å²) in [6.45, 7) is 2.24. The molecular formula is C12H14N6O2. The highest BCUT2D eigenvalue weighted by Gasteiger charge is 2.09.